The molecule has 0 saturated carbocycles. The maximum Gasteiger partial charge on any atom is 0.255 e. The Labute approximate surface area is 177 Å². The Hall–Kier alpha value is -3.37. The highest BCUT2D eigenvalue weighted by atomic mass is 16.5. The van der Waals surface area contributed by atoms with Gasteiger partial charge in [0, 0.05) is 30.9 Å². The van der Waals surface area contributed by atoms with E-state index in [1.807, 2.05) is 48.5 Å². The van der Waals surface area contributed by atoms with Crippen LogP contribution in [0.15, 0.2) is 85.5 Å². The lowest BCUT2D eigenvalue weighted by molar-refractivity contribution is 0.102. The molecule has 1 amide bonds. The normalized spacial score (nSPS) is 13.3. The molecule has 0 aliphatic carbocycles. The fourth-order valence-corrected chi connectivity index (χ4v) is 3.70. The Balaban J connectivity index is 1.33. The van der Waals surface area contributed by atoms with Crippen LogP contribution in [0.2, 0.25) is 0 Å². The number of amides is 1. The molecular weight excluding hydrogens is 372 g/mol. The lowest BCUT2D eigenvalue weighted by Crippen LogP contribution is -2.29. The summed E-state index contributed by atoms with van der Waals surface area (Å²) < 4.78 is 5.46. The Morgan fingerprint density at radius 1 is 1.00 bits per heavy atom. The van der Waals surface area contributed by atoms with Crippen LogP contribution >= 0.6 is 0 Å². The van der Waals surface area contributed by atoms with E-state index in [-0.39, 0.29) is 5.91 Å². The molecular formula is C26H26N2O2. The van der Waals surface area contributed by atoms with Gasteiger partial charge in [0.15, 0.2) is 0 Å². The number of rotatable bonds is 7. The largest absolute Gasteiger partial charge is 0.490 e. The zero-order chi connectivity index (χ0) is 20.8. The van der Waals surface area contributed by atoms with Gasteiger partial charge in [0.1, 0.15) is 12.4 Å². The molecule has 0 aromatic heterocycles. The molecule has 0 atom stereocenters. The number of fused-ring (bicyclic) bond motifs is 1. The predicted molar refractivity (Wildman–Crippen MR) is 121 cm³/mol. The zero-order valence-corrected chi connectivity index (χ0v) is 17.0. The van der Waals surface area contributed by atoms with Gasteiger partial charge in [0.2, 0.25) is 0 Å². The van der Waals surface area contributed by atoms with Crippen LogP contribution in [0.3, 0.4) is 0 Å². The van der Waals surface area contributed by atoms with Crippen molar-refractivity contribution < 1.29 is 9.53 Å². The van der Waals surface area contributed by atoms with Crippen molar-refractivity contribution in [2.45, 2.75) is 19.5 Å². The molecule has 0 radical (unpaired) electrons. The number of carbonyl (C=O) groups is 1. The highest BCUT2D eigenvalue weighted by Gasteiger charge is 2.16. The highest BCUT2D eigenvalue weighted by molar-refractivity contribution is 6.04. The van der Waals surface area contributed by atoms with Crippen molar-refractivity contribution in [1.82, 2.24) is 4.90 Å². The summed E-state index contributed by atoms with van der Waals surface area (Å²) in [6.45, 7) is 7.02. The summed E-state index contributed by atoms with van der Waals surface area (Å²) in [6, 6.07) is 23.9. The lowest BCUT2D eigenvalue weighted by Gasteiger charge is -2.28. The summed E-state index contributed by atoms with van der Waals surface area (Å²) in [5, 5.41) is 2.93. The van der Waals surface area contributed by atoms with Gasteiger partial charge < -0.3 is 10.1 Å². The first-order valence-corrected chi connectivity index (χ1v) is 10.2. The number of hydrogen-bond acceptors (Lipinski definition) is 3. The topological polar surface area (TPSA) is 41.6 Å². The third kappa shape index (κ3) is 4.97. The van der Waals surface area contributed by atoms with E-state index in [0.29, 0.717) is 12.2 Å². The smallest absolute Gasteiger partial charge is 0.255 e. The van der Waals surface area contributed by atoms with Crippen molar-refractivity contribution in [2.75, 3.05) is 18.5 Å². The maximum absolute atomic E-state index is 12.5. The summed E-state index contributed by atoms with van der Waals surface area (Å²) in [6.07, 6.45) is 2.79. The summed E-state index contributed by atoms with van der Waals surface area (Å²) in [5.74, 6) is 0.630. The minimum Gasteiger partial charge on any atom is -0.490 e. The van der Waals surface area contributed by atoms with Gasteiger partial charge >= 0.3 is 0 Å². The third-order valence-electron chi connectivity index (χ3n) is 5.31. The molecule has 1 heterocycles. The Bertz CT molecular complexity index is 1010. The Morgan fingerprint density at radius 2 is 1.73 bits per heavy atom. The SMILES string of the molecule is C=CCOc1ccc(NC(=O)c2ccc(CN3CCc4ccccc4C3)cc2)cc1. The minimum atomic E-state index is -0.117. The van der Waals surface area contributed by atoms with Gasteiger partial charge in [-0.3, -0.25) is 9.69 Å². The van der Waals surface area contributed by atoms with Gasteiger partial charge in [-0.1, -0.05) is 49.1 Å². The molecule has 1 aliphatic heterocycles. The van der Waals surface area contributed by atoms with Crippen molar-refractivity contribution in [3.05, 3.63) is 108 Å². The van der Waals surface area contributed by atoms with Gasteiger partial charge in [-0.05, 0) is 59.5 Å². The fraction of sp³-hybridized carbons (Fsp3) is 0.192. The highest BCUT2D eigenvalue weighted by Crippen LogP contribution is 2.21. The Kier molecular flexibility index (Phi) is 6.26. The van der Waals surface area contributed by atoms with Gasteiger partial charge in [-0.15, -0.1) is 0 Å². The van der Waals surface area contributed by atoms with Crippen LogP contribution in [-0.4, -0.2) is 24.0 Å². The second kappa shape index (κ2) is 9.42. The molecule has 3 aromatic rings. The summed E-state index contributed by atoms with van der Waals surface area (Å²) >= 11 is 0. The first-order chi connectivity index (χ1) is 14.7. The third-order valence-corrected chi connectivity index (χ3v) is 5.31. The van der Waals surface area contributed by atoms with E-state index >= 15 is 0 Å². The molecule has 30 heavy (non-hydrogen) atoms. The molecule has 4 heteroatoms. The second-order valence-electron chi connectivity index (χ2n) is 7.50. The molecule has 0 spiro atoms. The quantitative estimate of drug-likeness (QED) is 0.566. The molecule has 4 rings (SSSR count). The monoisotopic (exact) mass is 398 g/mol. The van der Waals surface area contributed by atoms with Gasteiger partial charge in [0.05, 0.1) is 0 Å². The molecule has 0 fully saturated rings. The van der Waals surface area contributed by atoms with Crippen LogP contribution in [0.4, 0.5) is 5.69 Å². The molecule has 0 unspecified atom stereocenters. The summed E-state index contributed by atoms with van der Waals surface area (Å²) in [7, 11) is 0. The summed E-state index contributed by atoms with van der Waals surface area (Å²) in [4.78, 5) is 15.0. The fourth-order valence-electron chi connectivity index (χ4n) is 3.70. The number of anilines is 1. The lowest BCUT2D eigenvalue weighted by atomic mass is 9.99. The van der Waals surface area contributed by atoms with E-state index in [1.54, 1.807) is 6.08 Å². The van der Waals surface area contributed by atoms with Gasteiger partial charge in [-0.25, -0.2) is 0 Å². The van der Waals surface area contributed by atoms with E-state index in [1.165, 1.54) is 16.7 Å². The van der Waals surface area contributed by atoms with Crippen molar-refractivity contribution in [3.63, 3.8) is 0 Å². The molecule has 3 aromatic carbocycles. The van der Waals surface area contributed by atoms with E-state index in [4.69, 9.17) is 4.74 Å². The van der Waals surface area contributed by atoms with Crippen LogP contribution in [0, 0.1) is 0 Å². The maximum atomic E-state index is 12.5. The standard InChI is InChI=1S/C26H26N2O2/c1-2-17-30-25-13-11-24(12-14-25)27-26(29)22-9-7-20(8-10-22)18-28-16-15-21-5-3-4-6-23(21)19-28/h2-14H,1,15-19H2,(H,27,29). The average Bonchev–Trinajstić information content (AvgIpc) is 2.79. The van der Waals surface area contributed by atoms with Crippen LogP contribution in [0.25, 0.3) is 0 Å². The van der Waals surface area contributed by atoms with Crippen LogP contribution in [-0.2, 0) is 19.5 Å². The number of nitrogens with one attached hydrogen (secondary N) is 1. The van der Waals surface area contributed by atoms with Crippen molar-refractivity contribution >= 4 is 11.6 Å². The summed E-state index contributed by atoms with van der Waals surface area (Å²) in [5.41, 5.74) is 5.48. The molecule has 1 aliphatic rings. The van der Waals surface area contributed by atoms with Crippen LogP contribution in [0.5, 0.6) is 5.75 Å². The van der Waals surface area contributed by atoms with Crippen molar-refractivity contribution in [2.24, 2.45) is 0 Å². The first kappa shape index (κ1) is 19.9. The minimum absolute atomic E-state index is 0.117. The van der Waals surface area contributed by atoms with Gasteiger partial charge in [-0.2, -0.15) is 0 Å². The van der Waals surface area contributed by atoms with E-state index in [2.05, 4.69) is 41.1 Å². The number of benzene rings is 3. The van der Waals surface area contributed by atoms with E-state index in [0.717, 1.165) is 37.5 Å². The molecule has 0 bridgehead atoms. The molecule has 4 nitrogen and oxygen atoms in total. The first-order valence-electron chi connectivity index (χ1n) is 10.2. The number of nitrogens with zero attached hydrogens (tertiary/aromatic N) is 1. The Morgan fingerprint density at radius 3 is 2.47 bits per heavy atom. The number of hydrogen-bond donors (Lipinski definition) is 1. The number of ether oxygens (including phenoxy) is 1. The van der Waals surface area contributed by atoms with Crippen molar-refractivity contribution in [1.29, 1.82) is 0 Å². The van der Waals surface area contributed by atoms with E-state index < -0.39 is 0 Å². The second-order valence-corrected chi connectivity index (χ2v) is 7.50. The van der Waals surface area contributed by atoms with Crippen LogP contribution in [0.1, 0.15) is 27.0 Å². The molecule has 1 N–H and O–H groups in total. The van der Waals surface area contributed by atoms with Crippen molar-refractivity contribution in [3.8, 4) is 5.75 Å². The molecule has 152 valence electrons. The predicted octanol–water partition coefficient (Wildman–Crippen LogP) is 5.06. The zero-order valence-electron chi connectivity index (χ0n) is 17.0. The number of carbonyl (C=O) groups excluding carboxylic acids is 1. The molecule has 0 saturated heterocycles. The average molecular weight is 399 g/mol. The van der Waals surface area contributed by atoms with Gasteiger partial charge in [0.25, 0.3) is 5.91 Å². The van der Waals surface area contributed by atoms with E-state index in [9.17, 15) is 4.79 Å². The van der Waals surface area contributed by atoms with Crippen LogP contribution < -0.4 is 10.1 Å².